The maximum absolute atomic E-state index is 5.80. The van der Waals surface area contributed by atoms with Gasteiger partial charge in [0.05, 0.1) is 11.9 Å². The maximum Gasteiger partial charge on any atom is 0.195 e. The SMILES string of the molecule is Cc1cc(-c2cnc(CCCNC(C)(C)C)o2)n(C)n1. The van der Waals surface area contributed by atoms with Crippen LogP contribution in [0, 0.1) is 6.92 Å². The zero-order valence-corrected chi connectivity index (χ0v) is 13.0. The lowest BCUT2D eigenvalue weighted by atomic mass is 10.1. The highest BCUT2D eigenvalue weighted by atomic mass is 16.4. The molecule has 0 amide bonds. The van der Waals surface area contributed by atoms with Crippen LogP contribution >= 0.6 is 0 Å². The lowest BCUT2D eigenvalue weighted by Crippen LogP contribution is -2.36. The summed E-state index contributed by atoms with van der Waals surface area (Å²) in [7, 11) is 1.91. The first kappa shape index (κ1) is 14.8. The molecule has 0 fully saturated rings. The fraction of sp³-hybridized carbons (Fsp3) is 0.600. The molecule has 0 saturated carbocycles. The molecule has 5 nitrogen and oxygen atoms in total. The third kappa shape index (κ3) is 3.93. The molecule has 0 aliphatic carbocycles. The second-order valence-electron chi connectivity index (χ2n) is 6.19. The number of oxazole rings is 1. The Morgan fingerprint density at radius 3 is 2.70 bits per heavy atom. The normalized spacial score (nSPS) is 12.1. The van der Waals surface area contributed by atoms with E-state index >= 15 is 0 Å². The van der Waals surface area contributed by atoms with E-state index in [4.69, 9.17) is 4.42 Å². The van der Waals surface area contributed by atoms with Crippen molar-refractivity contribution in [3.8, 4) is 11.5 Å². The minimum atomic E-state index is 0.161. The van der Waals surface area contributed by atoms with Gasteiger partial charge in [-0.25, -0.2) is 4.98 Å². The van der Waals surface area contributed by atoms with E-state index in [2.05, 4.69) is 36.2 Å². The van der Waals surface area contributed by atoms with E-state index in [0.717, 1.165) is 42.4 Å². The number of aryl methyl sites for hydroxylation is 3. The van der Waals surface area contributed by atoms with Crippen molar-refractivity contribution < 1.29 is 4.42 Å². The molecular formula is C15H24N4O. The Kier molecular flexibility index (Phi) is 4.28. The topological polar surface area (TPSA) is 55.9 Å². The number of aromatic nitrogens is 3. The van der Waals surface area contributed by atoms with Gasteiger partial charge >= 0.3 is 0 Å². The van der Waals surface area contributed by atoms with Crippen molar-refractivity contribution in [2.75, 3.05) is 6.54 Å². The molecule has 0 aromatic carbocycles. The molecule has 0 saturated heterocycles. The first-order chi connectivity index (χ1) is 9.35. The van der Waals surface area contributed by atoms with E-state index in [9.17, 15) is 0 Å². The quantitative estimate of drug-likeness (QED) is 0.853. The van der Waals surface area contributed by atoms with Gasteiger partial charge in [0.25, 0.3) is 0 Å². The molecule has 110 valence electrons. The fourth-order valence-corrected chi connectivity index (χ4v) is 2.09. The van der Waals surface area contributed by atoms with Gasteiger partial charge in [0.15, 0.2) is 11.7 Å². The van der Waals surface area contributed by atoms with Gasteiger partial charge in [-0.2, -0.15) is 5.10 Å². The second-order valence-corrected chi connectivity index (χ2v) is 6.19. The summed E-state index contributed by atoms with van der Waals surface area (Å²) in [6.45, 7) is 9.44. The van der Waals surface area contributed by atoms with Crippen LogP contribution in [0.2, 0.25) is 0 Å². The smallest absolute Gasteiger partial charge is 0.195 e. The summed E-state index contributed by atoms with van der Waals surface area (Å²) < 4.78 is 7.62. The van der Waals surface area contributed by atoms with Gasteiger partial charge < -0.3 is 9.73 Å². The highest BCUT2D eigenvalue weighted by Gasteiger charge is 2.12. The number of hydrogen-bond donors (Lipinski definition) is 1. The van der Waals surface area contributed by atoms with E-state index in [1.54, 1.807) is 6.20 Å². The van der Waals surface area contributed by atoms with Crippen molar-refractivity contribution in [1.29, 1.82) is 0 Å². The molecular weight excluding hydrogens is 252 g/mol. The van der Waals surface area contributed by atoms with Gasteiger partial charge in [0, 0.05) is 19.0 Å². The summed E-state index contributed by atoms with van der Waals surface area (Å²) in [6.07, 6.45) is 3.64. The van der Waals surface area contributed by atoms with Crippen LogP contribution in [-0.4, -0.2) is 26.8 Å². The molecule has 2 rings (SSSR count). The molecule has 0 bridgehead atoms. The molecule has 2 heterocycles. The number of hydrogen-bond acceptors (Lipinski definition) is 4. The van der Waals surface area contributed by atoms with Crippen LogP contribution in [0.5, 0.6) is 0 Å². The average molecular weight is 276 g/mol. The molecule has 0 unspecified atom stereocenters. The van der Waals surface area contributed by atoms with Crippen molar-refractivity contribution >= 4 is 0 Å². The molecule has 2 aromatic heterocycles. The van der Waals surface area contributed by atoms with Crippen LogP contribution in [0.25, 0.3) is 11.5 Å². The van der Waals surface area contributed by atoms with Crippen LogP contribution in [-0.2, 0) is 13.5 Å². The Hall–Kier alpha value is -1.62. The van der Waals surface area contributed by atoms with Crippen LogP contribution in [0.3, 0.4) is 0 Å². The summed E-state index contributed by atoms with van der Waals surface area (Å²) in [5.41, 5.74) is 2.11. The molecule has 1 N–H and O–H groups in total. The Morgan fingerprint density at radius 2 is 2.10 bits per heavy atom. The Bertz CT molecular complexity index is 563. The van der Waals surface area contributed by atoms with Crippen molar-refractivity contribution in [3.05, 3.63) is 23.8 Å². The lowest BCUT2D eigenvalue weighted by molar-refractivity contribution is 0.412. The summed E-state index contributed by atoms with van der Waals surface area (Å²) in [5.74, 6) is 1.57. The second kappa shape index (κ2) is 5.79. The van der Waals surface area contributed by atoms with Crippen LogP contribution in [0.4, 0.5) is 0 Å². The molecule has 0 aliphatic rings. The van der Waals surface area contributed by atoms with Gasteiger partial charge in [0.2, 0.25) is 0 Å². The van der Waals surface area contributed by atoms with E-state index < -0.39 is 0 Å². The van der Waals surface area contributed by atoms with E-state index in [-0.39, 0.29) is 5.54 Å². The Morgan fingerprint density at radius 1 is 1.35 bits per heavy atom. The standard InChI is InChI=1S/C15H24N4O/c1-11-9-12(19(5)18-11)13-10-16-14(20-13)7-6-8-17-15(2,3)4/h9-10,17H,6-8H2,1-5H3. The predicted molar refractivity (Wildman–Crippen MR) is 79.5 cm³/mol. The third-order valence-corrected chi connectivity index (χ3v) is 3.03. The van der Waals surface area contributed by atoms with Gasteiger partial charge in [0.1, 0.15) is 5.69 Å². The molecule has 0 atom stereocenters. The van der Waals surface area contributed by atoms with Gasteiger partial charge in [-0.05, 0) is 46.7 Å². The van der Waals surface area contributed by atoms with Crippen LogP contribution in [0.15, 0.2) is 16.7 Å². The number of nitrogens with zero attached hydrogens (tertiary/aromatic N) is 3. The van der Waals surface area contributed by atoms with Crippen molar-refractivity contribution in [2.24, 2.45) is 7.05 Å². The first-order valence-corrected chi connectivity index (χ1v) is 7.06. The highest BCUT2D eigenvalue weighted by molar-refractivity contribution is 5.51. The lowest BCUT2D eigenvalue weighted by Gasteiger charge is -2.19. The number of nitrogens with one attached hydrogen (secondary N) is 1. The minimum Gasteiger partial charge on any atom is -0.439 e. The molecule has 5 heteroatoms. The average Bonchev–Trinajstić information content (AvgIpc) is 2.90. The molecule has 2 aromatic rings. The number of rotatable bonds is 5. The Labute approximate surface area is 120 Å². The third-order valence-electron chi connectivity index (χ3n) is 3.03. The highest BCUT2D eigenvalue weighted by Crippen LogP contribution is 2.21. The summed E-state index contributed by atoms with van der Waals surface area (Å²) >= 11 is 0. The zero-order valence-electron chi connectivity index (χ0n) is 13.0. The zero-order chi connectivity index (χ0) is 14.8. The van der Waals surface area contributed by atoms with E-state index in [1.165, 1.54) is 0 Å². The molecule has 20 heavy (non-hydrogen) atoms. The maximum atomic E-state index is 5.80. The van der Waals surface area contributed by atoms with Gasteiger partial charge in [-0.3, -0.25) is 4.68 Å². The van der Waals surface area contributed by atoms with Crippen molar-refractivity contribution in [2.45, 2.75) is 46.1 Å². The first-order valence-electron chi connectivity index (χ1n) is 7.06. The largest absolute Gasteiger partial charge is 0.439 e. The van der Waals surface area contributed by atoms with Crippen molar-refractivity contribution in [1.82, 2.24) is 20.1 Å². The van der Waals surface area contributed by atoms with Crippen molar-refractivity contribution in [3.63, 3.8) is 0 Å². The van der Waals surface area contributed by atoms with Crippen LogP contribution < -0.4 is 5.32 Å². The molecule has 0 aliphatic heterocycles. The predicted octanol–water partition coefficient (Wildman–Crippen LogP) is 2.70. The minimum absolute atomic E-state index is 0.161. The monoisotopic (exact) mass is 276 g/mol. The van der Waals surface area contributed by atoms with Gasteiger partial charge in [-0.1, -0.05) is 0 Å². The molecule has 0 spiro atoms. The summed E-state index contributed by atoms with van der Waals surface area (Å²) in [5, 5.41) is 7.78. The van der Waals surface area contributed by atoms with Crippen LogP contribution in [0.1, 0.15) is 38.8 Å². The fourth-order valence-electron chi connectivity index (χ4n) is 2.09. The summed E-state index contributed by atoms with van der Waals surface area (Å²) in [6, 6.07) is 2.01. The Balaban J connectivity index is 1.91. The van der Waals surface area contributed by atoms with E-state index in [0.29, 0.717) is 0 Å². The molecule has 0 radical (unpaired) electrons. The van der Waals surface area contributed by atoms with Gasteiger partial charge in [-0.15, -0.1) is 0 Å². The van der Waals surface area contributed by atoms with E-state index in [1.807, 2.05) is 24.7 Å². The summed E-state index contributed by atoms with van der Waals surface area (Å²) in [4.78, 5) is 4.34.